The molecule has 182 valence electrons. The number of ether oxygens (including phenoxy) is 1. The molecule has 4 nitrogen and oxygen atoms in total. The zero-order valence-electron chi connectivity index (χ0n) is 19.4. The van der Waals surface area contributed by atoms with E-state index in [9.17, 15) is 9.59 Å². The summed E-state index contributed by atoms with van der Waals surface area (Å²) in [6, 6.07) is 30.4. The molecule has 8 heteroatoms. The lowest BCUT2D eigenvalue weighted by molar-refractivity contribution is -0.116. The summed E-state index contributed by atoms with van der Waals surface area (Å²) in [4.78, 5) is 30.4. The Bertz CT molecular complexity index is 1360. The van der Waals surface area contributed by atoms with Crippen molar-refractivity contribution < 1.29 is 14.3 Å². The maximum absolute atomic E-state index is 13.2. The molecule has 0 aliphatic heterocycles. The van der Waals surface area contributed by atoms with Gasteiger partial charge in [-0.2, -0.15) is 0 Å². The monoisotopic (exact) mass is 832 g/mol. The summed E-state index contributed by atoms with van der Waals surface area (Å²) in [5.41, 5.74) is 1.17. The summed E-state index contributed by atoms with van der Waals surface area (Å²) in [5, 5.41) is 0. The number of rotatable bonds is 6. The number of benzene rings is 4. The van der Waals surface area contributed by atoms with Crippen LogP contribution in [0.25, 0.3) is 0 Å². The van der Waals surface area contributed by atoms with Crippen LogP contribution in [0.15, 0.2) is 106 Å². The first-order chi connectivity index (χ1) is 17.3. The van der Waals surface area contributed by atoms with Crippen LogP contribution in [0.2, 0.25) is 0 Å². The molecule has 0 spiro atoms. The Morgan fingerprint density at radius 3 is 1.75 bits per heavy atom. The average molecular weight is 832 g/mol. The van der Waals surface area contributed by atoms with Gasteiger partial charge in [0.2, 0.25) is 5.91 Å². The van der Waals surface area contributed by atoms with E-state index in [1.807, 2.05) is 42.5 Å². The second kappa shape index (κ2) is 12.3. The molecular weight excluding hydrogens is 811 g/mol. The Morgan fingerprint density at radius 2 is 1.25 bits per heavy atom. The molecule has 0 saturated carbocycles. The highest BCUT2D eigenvalue weighted by Crippen LogP contribution is 2.35. The first-order valence-corrected chi connectivity index (χ1v) is 15.3. The maximum Gasteiger partial charge on any atom is 0.345 e. The van der Waals surface area contributed by atoms with Crippen LogP contribution in [0.1, 0.15) is 17.3 Å². The van der Waals surface area contributed by atoms with Crippen molar-refractivity contribution in [2.75, 3.05) is 11.9 Å². The van der Waals surface area contributed by atoms with E-state index in [4.69, 9.17) is 4.74 Å². The van der Waals surface area contributed by atoms with Crippen molar-refractivity contribution in [3.05, 3.63) is 107 Å². The fourth-order valence-corrected chi connectivity index (χ4v) is 10.2. The fourth-order valence-electron chi connectivity index (χ4n) is 3.56. The quantitative estimate of drug-likeness (QED) is 0.0864. The SMILES string of the molecule is CC(=O)N(C)c1c(I)cc(I)c(C(=O)Oc2ccc([S+](c3ccccc3)c3ccccc3)cc2)c1I. The Labute approximate surface area is 254 Å². The van der Waals surface area contributed by atoms with Gasteiger partial charge < -0.3 is 9.64 Å². The molecular formula is C28H21I3NO3S+. The number of hydrogen-bond donors (Lipinski definition) is 0. The Morgan fingerprint density at radius 1 is 0.750 bits per heavy atom. The second-order valence-electron chi connectivity index (χ2n) is 7.75. The predicted octanol–water partition coefficient (Wildman–Crippen LogP) is 7.80. The van der Waals surface area contributed by atoms with Gasteiger partial charge in [-0.3, -0.25) is 4.79 Å². The van der Waals surface area contributed by atoms with Gasteiger partial charge in [0.05, 0.1) is 25.7 Å². The van der Waals surface area contributed by atoms with Crippen LogP contribution in [-0.4, -0.2) is 18.9 Å². The molecule has 0 heterocycles. The smallest absolute Gasteiger partial charge is 0.345 e. The summed E-state index contributed by atoms with van der Waals surface area (Å²) in [6.07, 6.45) is 0. The third-order valence-electron chi connectivity index (χ3n) is 5.39. The summed E-state index contributed by atoms with van der Waals surface area (Å²) in [6.45, 7) is 1.50. The standard InChI is InChI=1S/C28H21I3NO3S/c1-18(33)32(2)27-24(30)17-23(29)25(26(27)31)28(34)35-19-13-15-22(16-14-19)36(20-9-5-3-6-10-20)21-11-7-4-8-12-21/h3-17H,1-2H3/q+1. The van der Waals surface area contributed by atoms with Gasteiger partial charge in [0, 0.05) is 21.1 Å². The van der Waals surface area contributed by atoms with Gasteiger partial charge in [-0.25, -0.2) is 4.79 Å². The normalized spacial score (nSPS) is 10.8. The number of carbonyl (C=O) groups excluding carboxylic acids is 2. The van der Waals surface area contributed by atoms with E-state index in [0.29, 0.717) is 20.6 Å². The number of hydrogen-bond acceptors (Lipinski definition) is 3. The van der Waals surface area contributed by atoms with Crippen LogP contribution in [0.3, 0.4) is 0 Å². The van der Waals surface area contributed by atoms with E-state index >= 15 is 0 Å². The number of esters is 1. The number of amides is 1. The number of nitrogens with zero attached hydrogens (tertiary/aromatic N) is 1. The van der Waals surface area contributed by atoms with E-state index in [-0.39, 0.29) is 16.8 Å². The molecule has 0 radical (unpaired) electrons. The number of halogens is 3. The van der Waals surface area contributed by atoms with Gasteiger partial charge in [-0.15, -0.1) is 0 Å². The van der Waals surface area contributed by atoms with Crippen molar-refractivity contribution in [1.29, 1.82) is 0 Å². The van der Waals surface area contributed by atoms with Crippen molar-refractivity contribution in [1.82, 2.24) is 0 Å². The third-order valence-corrected chi connectivity index (χ3v) is 10.3. The molecule has 0 atom stereocenters. The van der Waals surface area contributed by atoms with Gasteiger partial charge >= 0.3 is 5.97 Å². The highest BCUT2D eigenvalue weighted by Gasteiger charge is 2.29. The number of carbonyl (C=O) groups is 2. The van der Waals surface area contributed by atoms with Crippen LogP contribution in [0.4, 0.5) is 5.69 Å². The summed E-state index contributed by atoms with van der Waals surface area (Å²) in [7, 11) is 1.43. The minimum atomic E-state index is -0.448. The molecule has 4 aromatic rings. The molecule has 0 aliphatic carbocycles. The molecule has 1 amide bonds. The van der Waals surface area contributed by atoms with Crippen molar-refractivity contribution in [3.8, 4) is 5.75 Å². The minimum Gasteiger partial charge on any atom is -0.423 e. The van der Waals surface area contributed by atoms with Crippen LogP contribution >= 0.6 is 67.8 Å². The van der Waals surface area contributed by atoms with Crippen LogP contribution in [0.5, 0.6) is 5.75 Å². The largest absolute Gasteiger partial charge is 0.423 e. The Kier molecular flexibility index (Phi) is 9.34. The highest BCUT2D eigenvalue weighted by atomic mass is 127. The second-order valence-corrected chi connectivity index (χ2v) is 13.2. The summed E-state index contributed by atoms with van der Waals surface area (Å²) < 4.78 is 8.16. The molecule has 0 N–H and O–H groups in total. The molecule has 0 bridgehead atoms. The fraction of sp³-hybridized carbons (Fsp3) is 0.0714. The van der Waals surface area contributed by atoms with Crippen LogP contribution < -0.4 is 9.64 Å². The third kappa shape index (κ3) is 6.08. The highest BCUT2D eigenvalue weighted by molar-refractivity contribution is 14.1. The van der Waals surface area contributed by atoms with Crippen molar-refractivity contribution in [3.63, 3.8) is 0 Å². The lowest BCUT2D eigenvalue weighted by atomic mass is 10.2. The zero-order valence-corrected chi connectivity index (χ0v) is 26.7. The van der Waals surface area contributed by atoms with Gasteiger partial charge in [0.25, 0.3) is 0 Å². The van der Waals surface area contributed by atoms with E-state index in [1.165, 1.54) is 16.7 Å². The molecule has 36 heavy (non-hydrogen) atoms. The van der Waals surface area contributed by atoms with Crippen molar-refractivity contribution in [2.45, 2.75) is 21.6 Å². The first-order valence-electron chi connectivity index (χ1n) is 10.9. The summed E-state index contributed by atoms with van der Waals surface area (Å²) in [5.74, 6) is -0.0783. The first kappa shape index (κ1) is 27.4. The zero-order chi connectivity index (χ0) is 25.8. The van der Waals surface area contributed by atoms with Crippen molar-refractivity contribution >= 4 is 96.2 Å². The minimum absolute atomic E-state index is 0.103. The average Bonchev–Trinajstić information content (AvgIpc) is 2.86. The van der Waals surface area contributed by atoms with E-state index in [1.54, 1.807) is 11.9 Å². The van der Waals surface area contributed by atoms with E-state index in [2.05, 4.69) is 116 Å². The predicted molar refractivity (Wildman–Crippen MR) is 170 cm³/mol. The van der Waals surface area contributed by atoms with Gasteiger partial charge in [0.1, 0.15) is 5.75 Å². The van der Waals surface area contributed by atoms with Crippen molar-refractivity contribution in [2.24, 2.45) is 0 Å². The Balaban J connectivity index is 1.64. The van der Waals surface area contributed by atoms with Crippen LogP contribution in [0, 0.1) is 10.7 Å². The lowest BCUT2D eigenvalue weighted by Gasteiger charge is -2.21. The molecule has 4 aromatic carbocycles. The Hall–Kier alpha value is -1.64. The van der Waals surface area contributed by atoms with Gasteiger partial charge in [-0.05, 0) is 122 Å². The van der Waals surface area contributed by atoms with E-state index in [0.717, 1.165) is 12.0 Å². The lowest BCUT2D eigenvalue weighted by Crippen LogP contribution is -2.26. The maximum atomic E-state index is 13.2. The molecule has 0 aromatic heterocycles. The molecule has 0 aliphatic rings. The van der Waals surface area contributed by atoms with Crippen LogP contribution in [-0.2, 0) is 15.7 Å². The van der Waals surface area contributed by atoms with E-state index < -0.39 is 5.97 Å². The number of anilines is 1. The molecule has 0 fully saturated rings. The van der Waals surface area contributed by atoms with Gasteiger partial charge in [0.15, 0.2) is 14.7 Å². The molecule has 4 rings (SSSR count). The molecule has 0 unspecified atom stereocenters. The van der Waals surface area contributed by atoms with Gasteiger partial charge in [-0.1, -0.05) is 36.4 Å². The topological polar surface area (TPSA) is 46.6 Å². The molecule has 0 saturated heterocycles. The summed E-state index contributed by atoms with van der Waals surface area (Å²) >= 11 is 6.45.